The lowest BCUT2D eigenvalue weighted by Gasteiger charge is -2.08. The second kappa shape index (κ2) is 6.47. The van der Waals surface area contributed by atoms with Crippen molar-refractivity contribution in [3.05, 3.63) is 58.6 Å². The van der Waals surface area contributed by atoms with Gasteiger partial charge in [-0.1, -0.05) is 35.9 Å². The monoisotopic (exact) mass is 325 g/mol. The fourth-order valence-electron chi connectivity index (χ4n) is 1.90. The van der Waals surface area contributed by atoms with E-state index >= 15 is 0 Å². The van der Waals surface area contributed by atoms with Gasteiger partial charge in [0.15, 0.2) is 9.84 Å². The van der Waals surface area contributed by atoms with E-state index in [0.717, 1.165) is 11.1 Å². The SMILES string of the molecule is CS(=O)(=O)c1ccc(CNCc2cccc(Cl)c2O)cc1. The third-order valence-corrected chi connectivity index (χ3v) is 4.50. The predicted octanol–water partition coefficient (Wildman–Crippen LogP) is 2.74. The quantitative estimate of drug-likeness (QED) is 0.887. The molecule has 0 unspecified atom stereocenters. The van der Waals surface area contributed by atoms with Gasteiger partial charge >= 0.3 is 0 Å². The number of benzene rings is 2. The number of hydrogen-bond donors (Lipinski definition) is 2. The number of halogens is 1. The number of para-hydroxylation sites is 1. The maximum Gasteiger partial charge on any atom is 0.175 e. The molecule has 0 aromatic heterocycles. The maximum absolute atomic E-state index is 11.4. The summed E-state index contributed by atoms with van der Waals surface area (Å²) in [5, 5.41) is 13.3. The molecule has 21 heavy (non-hydrogen) atoms. The summed E-state index contributed by atoms with van der Waals surface area (Å²) in [6.07, 6.45) is 1.18. The zero-order valence-electron chi connectivity index (χ0n) is 11.5. The Morgan fingerprint density at radius 2 is 1.76 bits per heavy atom. The Morgan fingerprint density at radius 1 is 1.10 bits per heavy atom. The topological polar surface area (TPSA) is 66.4 Å². The largest absolute Gasteiger partial charge is 0.506 e. The van der Waals surface area contributed by atoms with Crippen molar-refractivity contribution < 1.29 is 13.5 Å². The molecule has 0 radical (unpaired) electrons. The van der Waals surface area contributed by atoms with Crippen LogP contribution in [-0.2, 0) is 22.9 Å². The van der Waals surface area contributed by atoms with Crippen molar-refractivity contribution in [1.29, 1.82) is 0 Å². The van der Waals surface area contributed by atoms with Gasteiger partial charge < -0.3 is 10.4 Å². The minimum atomic E-state index is -3.16. The molecular weight excluding hydrogens is 310 g/mol. The van der Waals surface area contributed by atoms with E-state index in [1.807, 2.05) is 0 Å². The number of phenols is 1. The van der Waals surface area contributed by atoms with Crippen LogP contribution in [0.2, 0.25) is 5.02 Å². The number of nitrogens with one attached hydrogen (secondary N) is 1. The fourth-order valence-corrected chi connectivity index (χ4v) is 2.72. The van der Waals surface area contributed by atoms with Crippen LogP contribution in [0.4, 0.5) is 0 Å². The minimum Gasteiger partial charge on any atom is -0.506 e. The van der Waals surface area contributed by atoms with Gasteiger partial charge in [-0.25, -0.2) is 8.42 Å². The number of rotatable bonds is 5. The first-order valence-corrected chi connectivity index (χ1v) is 8.61. The van der Waals surface area contributed by atoms with Gasteiger partial charge in [0.25, 0.3) is 0 Å². The zero-order chi connectivity index (χ0) is 15.5. The molecule has 0 aliphatic rings. The van der Waals surface area contributed by atoms with E-state index in [2.05, 4.69) is 5.32 Å². The maximum atomic E-state index is 11.4. The molecule has 0 saturated heterocycles. The van der Waals surface area contributed by atoms with Crippen molar-refractivity contribution in [2.45, 2.75) is 18.0 Å². The normalized spacial score (nSPS) is 11.5. The molecule has 0 atom stereocenters. The van der Waals surface area contributed by atoms with Crippen molar-refractivity contribution in [1.82, 2.24) is 5.32 Å². The van der Waals surface area contributed by atoms with Gasteiger partial charge in [0.05, 0.1) is 9.92 Å². The first-order valence-electron chi connectivity index (χ1n) is 6.34. The molecule has 0 bridgehead atoms. The van der Waals surface area contributed by atoms with Gasteiger partial charge in [0.1, 0.15) is 5.75 Å². The van der Waals surface area contributed by atoms with Crippen LogP contribution < -0.4 is 5.32 Å². The fraction of sp³-hybridized carbons (Fsp3) is 0.200. The van der Waals surface area contributed by atoms with Crippen LogP contribution in [0.5, 0.6) is 5.75 Å². The number of sulfone groups is 1. The Hall–Kier alpha value is -1.56. The van der Waals surface area contributed by atoms with Crippen molar-refractivity contribution in [2.24, 2.45) is 0 Å². The van der Waals surface area contributed by atoms with Crippen LogP contribution in [-0.4, -0.2) is 19.8 Å². The van der Waals surface area contributed by atoms with E-state index < -0.39 is 9.84 Å². The molecule has 0 fully saturated rings. The molecular formula is C15H16ClNO3S. The van der Waals surface area contributed by atoms with Crippen LogP contribution in [0.1, 0.15) is 11.1 Å². The van der Waals surface area contributed by atoms with Crippen molar-refractivity contribution in [3.63, 3.8) is 0 Å². The first-order chi connectivity index (χ1) is 9.88. The molecule has 0 spiro atoms. The van der Waals surface area contributed by atoms with Crippen LogP contribution in [0.15, 0.2) is 47.4 Å². The molecule has 2 aromatic carbocycles. The molecule has 4 nitrogen and oxygen atoms in total. The predicted molar refractivity (Wildman–Crippen MR) is 83.2 cm³/mol. The van der Waals surface area contributed by atoms with E-state index in [-0.39, 0.29) is 5.75 Å². The Morgan fingerprint density at radius 3 is 2.38 bits per heavy atom. The second-order valence-corrected chi connectivity index (χ2v) is 7.19. The summed E-state index contributed by atoms with van der Waals surface area (Å²) >= 11 is 5.84. The second-order valence-electron chi connectivity index (χ2n) is 4.77. The van der Waals surface area contributed by atoms with Crippen LogP contribution in [0.25, 0.3) is 0 Å². The minimum absolute atomic E-state index is 0.0825. The lowest BCUT2D eigenvalue weighted by Crippen LogP contribution is -2.13. The standard InChI is InChI=1S/C15H16ClNO3S/c1-21(19,20)13-7-5-11(6-8-13)9-17-10-12-3-2-4-14(16)15(12)18/h2-8,17-18H,9-10H2,1H3. The average molecular weight is 326 g/mol. The Bertz CT molecular complexity index is 727. The van der Waals surface area contributed by atoms with Crippen molar-refractivity contribution in [2.75, 3.05) is 6.26 Å². The highest BCUT2D eigenvalue weighted by atomic mass is 35.5. The van der Waals surface area contributed by atoms with Crippen molar-refractivity contribution >= 4 is 21.4 Å². The summed E-state index contributed by atoms with van der Waals surface area (Å²) in [5.74, 6) is 0.0825. The summed E-state index contributed by atoms with van der Waals surface area (Å²) in [6.45, 7) is 1.04. The molecule has 0 aliphatic carbocycles. The number of aromatic hydroxyl groups is 1. The zero-order valence-corrected chi connectivity index (χ0v) is 13.1. The molecule has 0 saturated carbocycles. The summed E-state index contributed by atoms with van der Waals surface area (Å²) < 4.78 is 22.7. The summed E-state index contributed by atoms with van der Waals surface area (Å²) in [4.78, 5) is 0.304. The molecule has 0 aliphatic heterocycles. The third kappa shape index (κ3) is 4.20. The van der Waals surface area contributed by atoms with E-state index in [1.54, 1.807) is 42.5 Å². The molecule has 6 heteroatoms. The van der Waals surface area contributed by atoms with Gasteiger partial charge in [-0.2, -0.15) is 0 Å². The Labute approximate surface area is 129 Å². The number of phenolic OH excluding ortho intramolecular Hbond substituents is 1. The summed E-state index contributed by atoms with van der Waals surface area (Å²) in [7, 11) is -3.16. The van der Waals surface area contributed by atoms with Gasteiger partial charge in [-0.3, -0.25) is 0 Å². The third-order valence-electron chi connectivity index (χ3n) is 3.07. The van der Waals surface area contributed by atoms with E-state index in [4.69, 9.17) is 11.6 Å². The average Bonchev–Trinajstić information content (AvgIpc) is 2.43. The lowest BCUT2D eigenvalue weighted by molar-refractivity contribution is 0.464. The lowest BCUT2D eigenvalue weighted by atomic mass is 10.2. The molecule has 0 amide bonds. The smallest absolute Gasteiger partial charge is 0.175 e. The van der Waals surface area contributed by atoms with Gasteiger partial charge in [-0.05, 0) is 23.8 Å². The van der Waals surface area contributed by atoms with Gasteiger partial charge in [0.2, 0.25) is 0 Å². The van der Waals surface area contributed by atoms with E-state index in [9.17, 15) is 13.5 Å². The molecule has 112 valence electrons. The molecule has 2 N–H and O–H groups in total. The summed E-state index contributed by atoms with van der Waals surface area (Å²) in [5.41, 5.74) is 1.68. The first kappa shape index (κ1) is 15.8. The van der Waals surface area contributed by atoms with E-state index in [1.165, 1.54) is 6.26 Å². The number of hydrogen-bond acceptors (Lipinski definition) is 4. The van der Waals surface area contributed by atoms with Crippen LogP contribution >= 0.6 is 11.6 Å². The van der Waals surface area contributed by atoms with Gasteiger partial charge in [0, 0.05) is 24.9 Å². The van der Waals surface area contributed by atoms with Gasteiger partial charge in [-0.15, -0.1) is 0 Å². The molecule has 0 heterocycles. The summed E-state index contributed by atoms with van der Waals surface area (Å²) in [6, 6.07) is 11.9. The Kier molecular flexibility index (Phi) is 4.88. The van der Waals surface area contributed by atoms with Crippen LogP contribution in [0, 0.1) is 0 Å². The van der Waals surface area contributed by atoms with Crippen molar-refractivity contribution in [3.8, 4) is 5.75 Å². The van der Waals surface area contributed by atoms with Crippen LogP contribution in [0.3, 0.4) is 0 Å². The highest BCUT2D eigenvalue weighted by molar-refractivity contribution is 7.90. The molecule has 2 rings (SSSR count). The highest BCUT2D eigenvalue weighted by Gasteiger charge is 2.07. The van der Waals surface area contributed by atoms with E-state index in [0.29, 0.717) is 23.0 Å². The molecule has 2 aromatic rings. The highest BCUT2D eigenvalue weighted by Crippen LogP contribution is 2.26. The Balaban J connectivity index is 1.96.